The normalized spacial score (nSPS) is 19.9. The van der Waals surface area contributed by atoms with E-state index in [0.717, 1.165) is 13.0 Å². The summed E-state index contributed by atoms with van der Waals surface area (Å²) in [7, 11) is 0. The van der Waals surface area contributed by atoms with Crippen LogP contribution in [0.3, 0.4) is 0 Å². The first-order chi connectivity index (χ1) is 8.47. The van der Waals surface area contributed by atoms with Crippen molar-refractivity contribution in [2.75, 3.05) is 13.1 Å². The van der Waals surface area contributed by atoms with Crippen molar-refractivity contribution in [1.82, 2.24) is 15.1 Å². The molecule has 2 rings (SSSR count). The first kappa shape index (κ1) is 12.8. The molecule has 18 heavy (non-hydrogen) atoms. The topological polar surface area (TPSA) is 55.3 Å². The van der Waals surface area contributed by atoms with Crippen molar-refractivity contribution in [3.63, 3.8) is 0 Å². The quantitative estimate of drug-likeness (QED) is 0.797. The maximum atomic E-state index is 12.1. The Balaban J connectivity index is 1.91. The minimum atomic E-state index is -0.332. The Morgan fingerprint density at radius 1 is 1.50 bits per heavy atom. The molecule has 1 fully saturated rings. The highest BCUT2D eigenvalue weighted by molar-refractivity contribution is 5.81. The van der Waals surface area contributed by atoms with Gasteiger partial charge in [-0.05, 0) is 6.07 Å². The lowest BCUT2D eigenvalue weighted by Crippen LogP contribution is -2.38. The Morgan fingerprint density at radius 2 is 2.28 bits per heavy atom. The number of hydrogen-bond donors (Lipinski definition) is 0. The van der Waals surface area contributed by atoms with Gasteiger partial charge in [0.1, 0.15) is 6.10 Å². The van der Waals surface area contributed by atoms with E-state index in [2.05, 4.69) is 10.2 Å². The maximum Gasteiger partial charge on any atom is 0.233 e. The summed E-state index contributed by atoms with van der Waals surface area (Å²) in [6.07, 6.45) is 2.48. The van der Waals surface area contributed by atoms with Gasteiger partial charge in [0.15, 0.2) is 0 Å². The summed E-state index contributed by atoms with van der Waals surface area (Å²) < 4.78 is 5.70. The van der Waals surface area contributed by atoms with Crippen LogP contribution in [-0.2, 0) is 4.79 Å². The lowest BCUT2D eigenvalue weighted by atomic mass is 9.95. The predicted octanol–water partition coefficient (Wildman–Crippen LogP) is 1.50. The summed E-state index contributed by atoms with van der Waals surface area (Å²) >= 11 is 0. The molecule has 1 aliphatic heterocycles. The van der Waals surface area contributed by atoms with Gasteiger partial charge in [-0.25, -0.2) is 0 Å². The van der Waals surface area contributed by atoms with Gasteiger partial charge in [0, 0.05) is 30.6 Å². The molecule has 5 heteroatoms. The average Bonchev–Trinajstić information content (AvgIpc) is 2.76. The summed E-state index contributed by atoms with van der Waals surface area (Å²) in [5, 5.41) is 7.65. The smallest absolute Gasteiger partial charge is 0.233 e. The van der Waals surface area contributed by atoms with Crippen LogP contribution in [0.4, 0.5) is 0 Å². The summed E-state index contributed by atoms with van der Waals surface area (Å²) in [6.45, 7) is 7.19. The number of hydrogen-bond acceptors (Lipinski definition) is 4. The van der Waals surface area contributed by atoms with Gasteiger partial charge in [0.2, 0.25) is 11.8 Å². The number of rotatable bonds is 2. The third-order valence-electron chi connectivity index (χ3n) is 2.91. The molecule has 0 aliphatic carbocycles. The fourth-order valence-electron chi connectivity index (χ4n) is 2.00. The second-order valence-electron chi connectivity index (χ2n) is 5.59. The lowest BCUT2D eigenvalue weighted by molar-refractivity contribution is -0.138. The summed E-state index contributed by atoms with van der Waals surface area (Å²) in [4.78, 5) is 14.0. The monoisotopic (exact) mass is 249 g/mol. The van der Waals surface area contributed by atoms with Crippen LogP contribution in [0.25, 0.3) is 0 Å². The number of nitrogens with zero attached hydrogens (tertiary/aromatic N) is 3. The molecule has 1 amide bonds. The number of likely N-dealkylation sites (tertiary alicyclic amines) is 1. The van der Waals surface area contributed by atoms with Crippen LogP contribution >= 0.6 is 0 Å². The van der Waals surface area contributed by atoms with E-state index in [4.69, 9.17) is 4.74 Å². The number of amides is 1. The molecule has 0 bridgehead atoms. The van der Waals surface area contributed by atoms with Gasteiger partial charge in [0.05, 0.1) is 6.54 Å². The average molecular weight is 249 g/mol. The molecule has 98 valence electrons. The fraction of sp³-hybridized carbons (Fsp3) is 0.615. The third kappa shape index (κ3) is 2.97. The standard InChI is InChI=1S/C13H19N3O2/c1-13(2,3)12(17)16-8-6-10(9-16)18-11-5-4-7-14-15-11/h4-5,7,10H,6,8-9H2,1-3H3. The molecule has 0 saturated carbocycles. The van der Waals surface area contributed by atoms with Crippen LogP contribution < -0.4 is 4.74 Å². The van der Waals surface area contributed by atoms with Gasteiger partial charge in [-0.2, -0.15) is 5.10 Å². The van der Waals surface area contributed by atoms with Crippen LogP contribution in [-0.4, -0.2) is 40.2 Å². The van der Waals surface area contributed by atoms with E-state index in [1.54, 1.807) is 18.3 Å². The molecule has 1 aromatic rings. The summed E-state index contributed by atoms with van der Waals surface area (Å²) in [6, 6.07) is 3.57. The van der Waals surface area contributed by atoms with Gasteiger partial charge in [-0.3, -0.25) is 4.79 Å². The number of ether oxygens (including phenoxy) is 1. The second-order valence-corrected chi connectivity index (χ2v) is 5.59. The number of carbonyl (C=O) groups is 1. The number of carbonyl (C=O) groups excluding carboxylic acids is 1. The Morgan fingerprint density at radius 3 is 2.89 bits per heavy atom. The molecule has 2 heterocycles. The molecule has 1 aromatic heterocycles. The van der Waals surface area contributed by atoms with Crippen LogP contribution in [0, 0.1) is 5.41 Å². The van der Waals surface area contributed by atoms with Gasteiger partial charge < -0.3 is 9.64 Å². The highest BCUT2D eigenvalue weighted by atomic mass is 16.5. The van der Waals surface area contributed by atoms with Gasteiger partial charge in [0.25, 0.3) is 0 Å². The largest absolute Gasteiger partial charge is 0.471 e. The highest BCUT2D eigenvalue weighted by Crippen LogP contribution is 2.22. The SMILES string of the molecule is CC(C)(C)C(=O)N1CCC(Oc2cccnn2)C1. The van der Waals surface area contributed by atoms with Crippen molar-refractivity contribution in [3.05, 3.63) is 18.3 Å². The van der Waals surface area contributed by atoms with Crippen molar-refractivity contribution in [2.45, 2.75) is 33.3 Å². The summed E-state index contributed by atoms with van der Waals surface area (Å²) in [5.41, 5.74) is -0.332. The minimum Gasteiger partial charge on any atom is -0.471 e. The third-order valence-corrected chi connectivity index (χ3v) is 2.91. The van der Waals surface area contributed by atoms with Crippen molar-refractivity contribution >= 4 is 5.91 Å². The Hall–Kier alpha value is -1.65. The first-order valence-electron chi connectivity index (χ1n) is 6.20. The maximum absolute atomic E-state index is 12.1. The molecule has 0 radical (unpaired) electrons. The van der Waals surface area contributed by atoms with Crippen molar-refractivity contribution in [3.8, 4) is 5.88 Å². The molecular weight excluding hydrogens is 230 g/mol. The molecular formula is C13H19N3O2. The van der Waals surface area contributed by atoms with Gasteiger partial charge >= 0.3 is 0 Å². The molecule has 1 saturated heterocycles. The van der Waals surface area contributed by atoms with Crippen molar-refractivity contribution in [2.24, 2.45) is 5.41 Å². The van der Waals surface area contributed by atoms with Crippen LogP contribution in [0.15, 0.2) is 18.3 Å². The van der Waals surface area contributed by atoms with Crippen LogP contribution in [0.2, 0.25) is 0 Å². The molecule has 1 unspecified atom stereocenters. The molecule has 1 aliphatic rings. The van der Waals surface area contributed by atoms with Crippen LogP contribution in [0.1, 0.15) is 27.2 Å². The summed E-state index contributed by atoms with van der Waals surface area (Å²) in [5.74, 6) is 0.695. The van der Waals surface area contributed by atoms with E-state index in [9.17, 15) is 4.79 Å². The van der Waals surface area contributed by atoms with Gasteiger partial charge in [-0.1, -0.05) is 20.8 Å². The number of aromatic nitrogens is 2. The minimum absolute atomic E-state index is 0.0213. The molecule has 1 atom stereocenters. The van der Waals surface area contributed by atoms with Crippen molar-refractivity contribution in [1.29, 1.82) is 0 Å². The fourth-order valence-corrected chi connectivity index (χ4v) is 2.00. The molecule has 0 spiro atoms. The zero-order valence-corrected chi connectivity index (χ0v) is 11.1. The Kier molecular flexibility index (Phi) is 3.50. The van der Waals surface area contributed by atoms with Gasteiger partial charge in [-0.15, -0.1) is 5.10 Å². The van der Waals surface area contributed by atoms with E-state index in [1.165, 1.54) is 0 Å². The second kappa shape index (κ2) is 4.92. The van der Waals surface area contributed by atoms with E-state index >= 15 is 0 Å². The zero-order valence-electron chi connectivity index (χ0n) is 11.1. The van der Waals surface area contributed by atoms with E-state index in [0.29, 0.717) is 12.4 Å². The lowest BCUT2D eigenvalue weighted by Gasteiger charge is -2.25. The predicted molar refractivity (Wildman–Crippen MR) is 67.1 cm³/mol. The van der Waals surface area contributed by atoms with E-state index < -0.39 is 0 Å². The Bertz CT molecular complexity index is 414. The first-order valence-corrected chi connectivity index (χ1v) is 6.20. The van der Waals surface area contributed by atoms with Crippen LogP contribution in [0.5, 0.6) is 5.88 Å². The zero-order chi connectivity index (χ0) is 13.2. The molecule has 0 N–H and O–H groups in total. The van der Waals surface area contributed by atoms with E-state index in [1.807, 2.05) is 25.7 Å². The van der Waals surface area contributed by atoms with E-state index in [-0.39, 0.29) is 17.4 Å². The molecule has 0 aromatic carbocycles. The molecule has 5 nitrogen and oxygen atoms in total. The Labute approximate surface area is 107 Å². The highest BCUT2D eigenvalue weighted by Gasteiger charge is 2.33. The van der Waals surface area contributed by atoms with Crippen molar-refractivity contribution < 1.29 is 9.53 Å².